The second-order valence-corrected chi connectivity index (χ2v) is 7.28. The Balaban J connectivity index is 1.78. The average molecular weight is 333 g/mol. The fraction of sp³-hybridized carbons (Fsp3) is 0.692. The van der Waals surface area contributed by atoms with Crippen molar-refractivity contribution in [3.8, 4) is 0 Å². The number of morpholine rings is 1. The molecule has 0 radical (unpaired) electrons. The molecule has 0 aliphatic carbocycles. The Labute approximate surface area is 122 Å². The van der Waals surface area contributed by atoms with E-state index >= 15 is 0 Å². The Hall–Kier alpha value is 0.0600. The van der Waals surface area contributed by atoms with Gasteiger partial charge in [-0.3, -0.25) is 4.90 Å². The molecule has 2 unspecified atom stereocenters. The summed E-state index contributed by atoms with van der Waals surface area (Å²) in [4.78, 5) is 2.41. The number of thiophene rings is 1. The third kappa shape index (κ3) is 4.31. The van der Waals surface area contributed by atoms with Crippen LogP contribution in [0.1, 0.15) is 18.9 Å². The Bertz CT molecular complexity index is 366. The zero-order chi connectivity index (χ0) is 13.0. The minimum atomic E-state index is 0.505. The van der Waals surface area contributed by atoms with Gasteiger partial charge in [0.2, 0.25) is 0 Å². The molecular formula is C13H21BrN2OS. The van der Waals surface area contributed by atoms with Gasteiger partial charge in [0.15, 0.2) is 0 Å². The highest BCUT2D eigenvalue weighted by Crippen LogP contribution is 2.22. The molecule has 0 aromatic carbocycles. The van der Waals surface area contributed by atoms with Gasteiger partial charge in [-0.1, -0.05) is 0 Å². The number of rotatable bonds is 5. The van der Waals surface area contributed by atoms with E-state index in [4.69, 9.17) is 4.74 Å². The molecule has 1 saturated heterocycles. The Morgan fingerprint density at radius 1 is 1.67 bits per heavy atom. The van der Waals surface area contributed by atoms with E-state index in [1.54, 1.807) is 11.3 Å². The van der Waals surface area contributed by atoms with Crippen LogP contribution in [0.15, 0.2) is 15.2 Å². The van der Waals surface area contributed by atoms with Gasteiger partial charge in [0, 0.05) is 25.2 Å². The second-order valence-electron chi connectivity index (χ2n) is 4.98. The first-order valence-corrected chi connectivity index (χ1v) is 8.06. The predicted octanol–water partition coefficient (Wildman–Crippen LogP) is 2.71. The summed E-state index contributed by atoms with van der Waals surface area (Å²) in [7, 11) is 2.19. The van der Waals surface area contributed by atoms with Crippen LogP contribution in [0.2, 0.25) is 0 Å². The van der Waals surface area contributed by atoms with Gasteiger partial charge in [0.05, 0.1) is 17.0 Å². The van der Waals surface area contributed by atoms with Crippen molar-refractivity contribution in [2.45, 2.75) is 32.0 Å². The van der Waals surface area contributed by atoms with Crippen LogP contribution in [0.25, 0.3) is 0 Å². The van der Waals surface area contributed by atoms with Crippen LogP contribution in [-0.4, -0.2) is 43.8 Å². The van der Waals surface area contributed by atoms with Gasteiger partial charge in [-0.25, -0.2) is 0 Å². The van der Waals surface area contributed by atoms with Crippen molar-refractivity contribution >= 4 is 27.3 Å². The molecule has 2 heterocycles. The molecule has 1 aromatic heterocycles. The normalized spacial score (nSPS) is 22.3. The molecule has 1 fully saturated rings. The van der Waals surface area contributed by atoms with E-state index in [0.717, 1.165) is 32.7 Å². The Morgan fingerprint density at radius 3 is 3.11 bits per heavy atom. The van der Waals surface area contributed by atoms with Crippen molar-refractivity contribution in [2.75, 3.05) is 26.8 Å². The lowest BCUT2D eigenvalue weighted by molar-refractivity contribution is 0.0638. The molecule has 3 nitrogen and oxygen atoms in total. The fourth-order valence-electron chi connectivity index (χ4n) is 2.24. The summed E-state index contributed by atoms with van der Waals surface area (Å²) in [5, 5.41) is 5.73. The molecule has 5 heteroatoms. The van der Waals surface area contributed by atoms with Gasteiger partial charge in [0.1, 0.15) is 0 Å². The molecule has 1 aliphatic rings. The molecule has 1 N–H and O–H groups in total. The van der Waals surface area contributed by atoms with Crippen LogP contribution in [-0.2, 0) is 11.3 Å². The van der Waals surface area contributed by atoms with Crippen LogP contribution in [0.4, 0.5) is 0 Å². The lowest BCUT2D eigenvalue weighted by Gasteiger charge is -2.30. The minimum absolute atomic E-state index is 0.505. The quantitative estimate of drug-likeness (QED) is 0.897. The number of nitrogens with zero attached hydrogens (tertiary/aromatic N) is 1. The molecular weight excluding hydrogens is 312 g/mol. The zero-order valence-electron chi connectivity index (χ0n) is 11.0. The van der Waals surface area contributed by atoms with Crippen molar-refractivity contribution in [1.82, 2.24) is 10.2 Å². The van der Waals surface area contributed by atoms with E-state index in [-0.39, 0.29) is 0 Å². The van der Waals surface area contributed by atoms with E-state index in [1.165, 1.54) is 9.35 Å². The number of halogens is 1. The molecule has 0 spiro atoms. The van der Waals surface area contributed by atoms with E-state index in [0.29, 0.717) is 12.1 Å². The first-order valence-electron chi connectivity index (χ1n) is 6.39. The van der Waals surface area contributed by atoms with Crippen molar-refractivity contribution < 1.29 is 4.74 Å². The largest absolute Gasteiger partial charge is 0.379 e. The van der Waals surface area contributed by atoms with Gasteiger partial charge in [-0.2, -0.15) is 0 Å². The first kappa shape index (κ1) is 14.5. The highest BCUT2D eigenvalue weighted by atomic mass is 79.9. The van der Waals surface area contributed by atoms with E-state index in [2.05, 4.69) is 51.6 Å². The molecule has 18 heavy (non-hydrogen) atoms. The number of nitrogens with one attached hydrogen (secondary N) is 1. The van der Waals surface area contributed by atoms with Gasteiger partial charge in [-0.15, -0.1) is 11.3 Å². The summed E-state index contributed by atoms with van der Waals surface area (Å²) in [5.74, 6) is 0. The molecule has 1 aromatic rings. The molecule has 0 amide bonds. The predicted molar refractivity (Wildman–Crippen MR) is 80.2 cm³/mol. The van der Waals surface area contributed by atoms with Crippen LogP contribution in [0.3, 0.4) is 0 Å². The molecule has 2 rings (SSSR count). The smallest absolute Gasteiger partial charge is 0.0701 e. The zero-order valence-corrected chi connectivity index (χ0v) is 13.4. The third-order valence-corrected chi connectivity index (χ3v) is 4.98. The Kier molecular flexibility index (Phi) is 5.63. The summed E-state index contributed by atoms with van der Waals surface area (Å²) < 4.78 is 6.71. The van der Waals surface area contributed by atoms with Crippen molar-refractivity contribution in [1.29, 1.82) is 0 Å². The van der Waals surface area contributed by atoms with Crippen LogP contribution < -0.4 is 5.32 Å². The standard InChI is InChI=1S/C13H21BrN2OS/c1-10(5-12-8-17-4-3-15-12)16(2)7-11-6-13(14)18-9-11/h6,9-10,12,15H,3-5,7-8H2,1-2H3. The summed E-state index contributed by atoms with van der Waals surface area (Å²) in [6.07, 6.45) is 1.14. The highest BCUT2D eigenvalue weighted by Gasteiger charge is 2.19. The maximum atomic E-state index is 5.50. The van der Waals surface area contributed by atoms with E-state index < -0.39 is 0 Å². The SMILES string of the molecule is CC(CC1COCCN1)N(C)Cc1csc(Br)c1. The van der Waals surface area contributed by atoms with E-state index in [9.17, 15) is 0 Å². The van der Waals surface area contributed by atoms with Gasteiger partial charge >= 0.3 is 0 Å². The van der Waals surface area contributed by atoms with Crippen LogP contribution in [0.5, 0.6) is 0 Å². The number of hydrogen-bond acceptors (Lipinski definition) is 4. The lowest BCUT2D eigenvalue weighted by atomic mass is 10.1. The fourth-order valence-corrected chi connectivity index (χ4v) is 3.44. The summed E-state index contributed by atoms with van der Waals surface area (Å²) in [5.41, 5.74) is 1.38. The molecule has 102 valence electrons. The van der Waals surface area contributed by atoms with Gasteiger partial charge in [-0.05, 0) is 53.3 Å². The summed E-state index contributed by atoms with van der Waals surface area (Å²) in [6, 6.07) is 3.27. The number of hydrogen-bond donors (Lipinski definition) is 1. The summed E-state index contributed by atoms with van der Waals surface area (Å²) in [6.45, 7) is 5.99. The molecule has 0 saturated carbocycles. The monoisotopic (exact) mass is 332 g/mol. The minimum Gasteiger partial charge on any atom is -0.379 e. The van der Waals surface area contributed by atoms with Crippen molar-refractivity contribution in [3.05, 3.63) is 20.8 Å². The van der Waals surface area contributed by atoms with Crippen molar-refractivity contribution in [3.63, 3.8) is 0 Å². The first-order chi connectivity index (χ1) is 8.65. The maximum Gasteiger partial charge on any atom is 0.0701 e. The lowest BCUT2D eigenvalue weighted by Crippen LogP contribution is -2.45. The van der Waals surface area contributed by atoms with Gasteiger partial charge < -0.3 is 10.1 Å². The van der Waals surface area contributed by atoms with Gasteiger partial charge in [0.25, 0.3) is 0 Å². The van der Waals surface area contributed by atoms with E-state index in [1.807, 2.05) is 0 Å². The molecule has 1 aliphatic heterocycles. The topological polar surface area (TPSA) is 24.5 Å². The molecule has 0 bridgehead atoms. The van der Waals surface area contributed by atoms with Crippen molar-refractivity contribution in [2.24, 2.45) is 0 Å². The third-order valence-electron chi connectivity index (χ3n) is 3.43. The highest BCUT2D eigenvalue weighted by molar-refractivity contribution is 9.11. The summed E-state index contributed by atoms with van der Waals surface area (Å²) >= 11 is 5.26. The van der Waals surface area contributed by atoms with Crippen LogP contribution >= 0.6 is 27.3 Å². The number of ether oxygens (including phenoxy) is 1. The van der Waals surface area contributed by atoms with Crippen LogP contribution in [0, 0.1) is 0 Å². The molecule has 2 atom stereocenters. The second kappa shape index (κ2) is 7.01. The maximum absolute atomic E-state index is 5.50. The Morgan fingerprint density at radius 2 is 2.50 bits per heavy atom. The average Bonchev–Trinajstić information content (AvgIpc) is 2.76.